The van der Waals surface area contributed by atoms with Gasteiger partial charge >= 0.3 is 0 Å². The Morgan fingerprint density at radius 1 is 1.20 bits per heavy atom. The van der Waals surface area contributed by atoms with Crippen LogP contribution in [0.25, 0.3) is 0 Å². The molecule has 1 atom stereocenters. The average Bonchev–Trinajstić information content (AvgIpc) is 3.08. The predicted octanol–water partition coefficient (Wildman–Crippen LogP) is 2.97. The van der Waals surface area contributed by atoms with Crippen LogP contribution in [-0.4, -0.2) is 45.5 Å². The molecule has 4 fully saturated rings. The largest absolute Gasteiger partial charge is 0.346 e. The second kappa shape index (κ2) is 6.75. The van der Waals surface area contributed by atoms with E-state index < -0.39 is 0 Å². The first-order valence-electron chi connectivity index (χ1n) is 10.1. The van der Waals surface area contributed by atoms with Crippen molar-refractivity contribution >= 4 is 5.91 Å². The monoisotopic (exact) mass is 344 g/mol. The second-order valence-corrected chi connectivity index (χ2v) is 8.70. The van der Waals surface area contributed by atoms with Gasteiger partial charge in [-0.15, -0.1) is 0 Å². The Labute approximate surface area is 151 Å². The molecule has 1 unspecified atom stereocenters. The molecule has 2 aliphatic heterocycles. The third kappa shape index (κ3) is 3.12. The molecule has 1 aromatic heterocycles. The van der Waals surface area contributed by atoms with E-state index in [0.717, 1.165) is 5.92 Å². The number of hydrogen-bond donors (Lipinski definition) is 1. The van der Waals surface area contributed by atoms with Crippen molar-refractivity contribution in [1.82, 2.24) is 19.8 Å². The third-order valence-corrected chi connectivity index (χ3v) is 7.19. The number of aryl methyl sites for hydroxylation is 1. The molecule has 0 spiro atoms. The number of rotatable bonds is 4. The predicted molar refractivity (Wildman–Crippen MR) is 98.4 cm³/mol. The zero-order valence-electron chi connectivity index (χ0n) is 15.7. The number of nitrogens with one attached hydrogen (secondary N) is 1. The van der Waals surface area contributed by atoms with Crippen molar-refractivity contribution in [2.45, 2.75) is 69.4 Å². The lowest BCUT2D eigenvalue weighted by atomic mass is 9.63. The smallest absolute Gasteiger partial charge is 0.271 e. The van der Waals surface area contributed by atoms with Gasteiger partial charge in [-0.3, -0.25) is 9.69 Å². The van der Waals surface area contributed by atoms with Crippen molar-refractivity contribution in [1.29, 1.82) is 0 Å². The number of likely N-dealkylation sites (N-methyl/N-ethyl adjacent to an activating group) is 1. The molecule has 2 aliphatic carbocycles. The lowest BCUT2D eigenvalue weighted by molar-refractivity contribution is -0.0562. The highest BCUT2D eigenvalue weighted by atomic mass is 16.2. The van der Waals surface area contributed by atoms with E-state index in [1.807, 2.05) is 17.8 Å². The minimum atomic E-state index is 0.00615. The van der Waals surface area contributed by atoms with Crippen LogP contribution in [0, 0.1) is 11.8 Å². The molecule has 1 amide bonds. The number of piperidine rings is 2. The molecular formula is C20H32N4O. The fourth-order valence-electron chi connectivity index (χ4n) is 5.76. The SMILES string of the molecule is CN1CC2CCC1(C(NC(=O)c1cn(C)cn1)C1CCCCC1)CC2. The van der Waals surface area contributed by atoms with Gasteiger partial charge in [0.15, 0.2) is 0 Å². The molecular weight excluding hydrogens is 312 g/mol. The first-order chi connectivity index (χ1) is 12.1. The second-order valence-electron chi connectivity index (χ2n) is 8.70. The van der Waals surface area contributed by atoms with Crippen LogP contribution in [-0.2, 0) is 7.05 Å². The molecule has 25 heavy (non-hydrogen) atoms. The summed E-state index contributed by atoms with van der Waals surface area (Å²) in [7, 11) is 4.20. The fraction of sp³-hybridized carbons (Fsp3) is 0.800. The van der Waals surface area contributed by atoms with E-state index in [-0.39, 0.29) is 17.5 Å². The van der Waals surface area contributed by atoms with Crippen LogP contribution in [0.15, 0.2) is 12.5 Å². The molecule has 0 aromatic carbocycles. The first kappa shape index (κ1) is 17.1. The van der Waals surface area contributed by atoms with Crippen LogP contribution < -0.4 is 5.32 Å². The zero-order chi connectivity index (χ0) is 17.4. The van der Waals surface area contributed by atoms with Crippen LogP contribution in [0.1, 0.15) is 68.3 Å². The van der Waals surface area contributed by atoms with Gasteiger partial charge in [0, 0.05) is 25.3 Å². The van der Waals surface area contributed by atoms with Crippen molar-refractivity contribution in [3.63, 3.8) is 0 Å². The van der Waals surface area contributed by atoms with Gasteiger partial charge < -0.3 is 9.88 Å². The molecule has 2 saturated carbocycles. The molecule has 5 heteroatoms. The van der Waals surface area contributed by atoms with Gasteiger partial charge in [0.05, 0.1) is 12.4 Å². The van der Waals surface area contributed by atoms with E-state index in [9.17, 15) is 4.79 Å². The third-order valence-electron chi connectivity index (χ3n) is 7.19. The zero-order valence-corrected chi connectivity index (χ0v) is 15.7. The van der Waals surface area contributed by atoms with Gasteiger partial charge in [-0.05, 0) is 57.4 Å². The highest BCUT2D eigenvalue weighted by molar-refractivity contribution is 5.92. The lowest BCUT2D eigenvalue weighted by Crippen LogP contribution is -2.68. The van der Waals surface area contributed by atoms with Crippen molar-refractivity contribution in [2.24, 2.45) is 18.9 Å². The van der Waals surface area contributed by atoms with E-state index in [1.165, 1.54) is 64.3 Å². The van der Waals surface area contributed by atoms with Gasteiger partial charge in [0.25, 0.3) is 5.91 Å². The Morgan fingerprint density at radius 3 is 2.52 bits per heavy atom. The maximum Gasteiger partial charge on any atom is 0.271 e. The number of hydrogen-bond acceptors (Lipinski definition) is 3. The van der Waals surface area contributed by atoms with E-state index in [0.29, 0.717) is 11.6 Å². The van der Waals surface area contributed by atoms with Gasteiger partial charge in [-0.2, -0.15) is 0 Å². The van der Waals surface area contributed by atoms with E-state index in [1.54, 1.807) is 6.33 Å². The van der Waals surface area contributed by atoms with E-state index in [4.69, 9.17) is 0 Å². The standard InChI is InChI=1S/C20H32N4O/c1-23-13-17(21-14-23)19(25)22-18(16-6-4-3-5-7-16)20-10-8-15(9-11-20)12-24(20)2/h13-16,18H,3-12H2,1-2H3,(H,22,25). The summed E-state index contributed by atoms with van der Waals surface area (Å²) in [5.74, 6) is 1.48. The lowest BCUT2D eigenvalue weighted by Gasteiger charge is -2.58. The van der Waals surface area contributed by atoms with Gasteiger partial charge in [-0.25, -0.2) is 4.98 Å². The number of aromatic nitrogens is 2. The number of nitrogens with zero attached hydrogens (tertiary/aromatic N) is 3. The van der Waals surface area contributed by atoms with Crippen molar-refractivity contribution in [3.8, 4) is 0 Å². The summed E-state index contributed by atoms with van der Waals surface area (Å²) in [6.07, 6.45) is 15.1. The molecule has 1 aromatic rings. The summed E-state index contributed by atoms with van der Waals surface area (Å²) in [5.41, 5.74) is 0.702. The number of carbonyl (C=O) groups excluding carboxylic acids is 1. The maximum atomic E-state index is 12.9. The Hall–Kier alpha value is -1.36. The summed E-state index contributed by atoms with van der Waals surface area (Å²) in [6, 6.07) is 0.258. The first-order valence-corrected chi connectivity index (χ1v) is 10.1. The van der Waals surface area contributed by atoms with Crippen molar-refractivity contribution < 1.29 is 4.79 Å². The summed E-state index contributed by atoms with van der Waals surface area (Å²) in [5, 5.41) is 3.48. The molecule has 2 saturated heterocycles. The summed E-state index contributed by atoms with van der Waals surface area (Å²) < 4.78 is 1.85. The average molecular weight is 345 g/mol. The number of amides is 1. The van der Waals surface area contributed by atoms with E-state index >= 15 is 0 Å². The van der Waals surface area contributed by atoms with Gasteiger partial charge in [-0.1, -0.05) is 19.3 Å². The molecule has 138 valence electrons. The molecule has 5 nitrogen and oxygen atoms in total. The van der Waals surface area contributed by atoms with Crippen molar-refractivity contribution in [2.75, 3.05) is 13.6 Å². The normalized spacial score (nSPS) is 31.8. The van der Waals surface area contributed by atoms with Crippen LogP contribution in [0.2, 0.25) is 0 Å². The Balaban J connectivity index is 1.60. The quantitative estimate of drug-likeness (QED) is 0.913. The molecule has 3 heterocycles. The number of imidazole rings is 1. The number of carbonyl (C=O) groups is 1. The maximum absolute atomic E-state index is 12.9. The molecule has 4 aliphatic rings. The van der Waals surface area contributed by atoms with Gasteiger partial charge in [0.2, 0.25) is 0 Å². The topological polar surface area (TPSA) is 50.2 Å². The Bertz CT molecular complexity index is 611. The van der Waals surface area contributed by atoms with Crippen LogP contribution in [0.5, 0.6) is 0 Å². The van der Waals surface area contributed by atoms with Crippen LogP contribution in [0.3, 0.4) is 0 Å². The molecule has 1 N–H and O–H groups in total. The Kier molecular flexibility index (Phi) is 4.61. The molecule has 0 radical (unpaired) electrons. The molecule has 2 bridgehead atoms. The highest BCUT2D eigenvalue weighted by Crippen LogP contribution is 2.47. The molecule has 5 rings (SSSR count). The summed E-state index contributed by atoms with van der Waals surface area (Å²) >= 11 is 0. The Morgan fingerprint density at radius 2 is 1.92 bits per heavy atom. The minimum absolute atomic E-state index is 0.00615. The van der Waals surface area contributed by atoms with E-state index in [2.05, 4.69) is 22.2 Å². The van der Waals surface area contributed by atoms with Crippen LogP contribution in [0.4, 0.5) is 0 Å². The minimum Gasteiger partial charge on any atom is -0.346 e. The van der Waals surface area contributed by atoms with Crippen molar-refractivity contribution in [3.05, 3.63) is 18.2 Å². The number of fused-ring (bicyclic) bond motifs is 3. The van der Waals surface area contributed by atoms with Crippen LogP contribution >= 0.6 is 0 Å². The summed E-state index contributed by atoms with van der Waals surface area (Å²) in [4.78, 5) is 19.8. The highest BCUT2D eigenvalue weighted by Gasteiger charge is 2.52. The summed E-state index contributed by atoms with van der Waals surface area (Å²) in [6.45, 7) is 1.20. The van der Waals surface area contributed by atoms with Gasteiger partial charge in [0.1, 0.15) is 5.69 Å². The fourth-order valence-corrected chi connectivity index (χ4v) is 5.76.